The Labute approximate surface area is 123 Å². The molecule has 1 heteroatoms. The monoisotopic (exact) mass is 278 g/mol. The van der Waals surface area contributed by atoms with Gasteiger partial charge in [0.2, 0.25) is 0 Å². The summed E-state index contributed by atoms with van der Waals surface area (Å²) in [6.45, 7) is 6.16. The van der Waals surface area contributed by atoms with Crippen LogP contribution in [0.4, 0.5) is 0 Å². The third kappa shape index (κ3) is 7.57. The molecule has 0 fully saturated rings. The first kappa shape index (κ1) is 16.5. The molecule has 0 spiro atoms. The molecule has 0 radical (unpaired) electrons. The molecular formula is C18H30S. The van der Waals surface area contributed by atoms with E-state index < -0.39 is 0 Å². The van der Waals surface area contributed by atoms with Crippen molar-refractivity contribution in [1.29, 1.82) is 0 Å². The van der Waals surface area contributed by atoms with E-state index in [9.17, 15) is 0 Å². The molecular weight excluding hydrogens is 248 g/mol. The van der Waals surface area contributed by atoms with E-state index in [1.165, 1.54) is 81.1 Å². The van der Waals surface area contributed by atoms with Gasteiger partial charge in [0.1, 0.15) is 0 Å². The Morgan fingerprint density at radius 1 is 0.947 bits per heavy atom. The van der Waals surface area contributed by atoms with E-state index in [4.69, 9.17) is 0 Å². The standard InChI is InChI=1S/C18H30S/c1-3-5-6-7-8-9-10-11-12-13-14-17-15-16-19-18(17)4-2/h4,15-16H,2-3,5-14H2,1H3. The van der Waals surface area contributed by atoms with Crippen LogP contribution in [0, 0.1) is 0 Å². The van der Waals surface area contributed by atoms with Crippen molar-refractivity contribution in [3.63, 3.8) is 0 Å². The summed E-state index contributed by atoms with van der Waals surface area (Å²) >= 11 is 1.81. The Kier molecular flexibility index (Phi) is 9.79. The van der Waals surface area contributed by atoms with Crippen molar-refractivity contribution in [2.24, 2.45) is 0 Å². The quantitative estimate of drug-likeness (QED) is 0.366. The van der Waals surface area contributed by atoms with Gasteiger partial charge in [0.15, 0.2) is 0 Å². The van der Waals surface area contributed by atoms with Crippen LogP contribution in [0.15, 0.2) is 18.0 Å². The Morgan fingerprint density at radius 3 is 2.11 bits per heavy atom. The van der Waals surface area contributed by atoms with Gasteiger partial charge in [-0.1, -0.05) is 77.4 Å². The summed E-state index contributed by atoms with van der Waals surface area (Å²) in [7, 11) is 0. The van der Waals surface area contributed by atoms with Crippen LogP contribution in [0.1, 0.15) is 81.6 Å². The first-order chi connectivity index (χ1) is 9.38. The van der Waals surface area contributed by atoms with Gasteiger partial charge in [-0.15, -0.1) is 11.3 Å². The topological polar surface area (TPSA) is 0 Å². The van der Waals surface area contributed by atoms with Crippen molar-refractivity contribution in [3.05, 3.63) is 28.5 Å². The Balaban J connectivity index is 1.90. The van der Waals surface area contributed by atoms with E-state index in [2.05, 4.69) is 24.9 Å². The van der Waals surface area contributed by atoms with Crippen molar-refractivity contribution in [2.75, 3.05) is 0 Å². The lowest BCUT2D eigenvalue weighted by Gasteiger charge is -2.03. The molecule has 0 aromatic carbocycles. The summed E-state index contributed by atoms with van der Waals surface area (Å²) in [5.41, 5.74) is 1.50. The molecule has 0 atom stereocenters. The summed E-state index contributed by atoms with van der Waals surface area (Å²) < 4.78 is 0. The Hall–Kier alpha value is -0.560. The maximum absolute atomic E-state index is 3.87. The lowest BCUT2D eigenvalue weighted by Crippen LogP contribution is -1.86. The molecule has 108 valence electrons. The Morgan fingerprint density at radius 2 is 1.53 bits per heavy atom. The van der Waals surface area contributed by atoms with Crippen molar-refractivity contribution < 1.29 is 0 Å². The number of unbranched alkanes of at least 4 members (excludes halogenated alkanes) is 9. The average Bonchev–Trinajstić information content (AvgIpc) is 2.88. The maximum atomic E-state index is 3.87. The van der Waals surface area contributed by atoms with Crippen molar-refractivity contribution >= 4 is 17.4 Å². The van der Waals surface area contributed by atoms with Gasteiger partial charge in [-0.2, -0.15) is 0 Å². The molecule has 0 aliphatic carbocycles. The van der Waals surface area contributed by atoms with Crippen LogP contribution >= 0.6 is 11.3 Å². The molecule has 0 aliphatic heterocycles. The van der Waals surface area contributed by atoms with Crippen molar-refractivity contribution in [2.45, 2.75) is 77.6 Å². The molecule has 1 aromatic heterocycles. The van der Waals surface area contributed by atoms with Gasteiger partial charge in [0, 0.05) is 4.88 Å². The molecule has 0 N–H and O–H groups in total. The van der Waals surface area contributed by atoms with Crippen LogP contribution < -0.4 is 0 Å². The third-order valence-electron chi connectivity index (χ3n) is 3.77. The van der Waals surface area contributed by atoms with Gasteiger partial charge < -0.3 is 0 Å². The van der Waals surface area contributed by atoms with Gasteiger partial charge in [-0.25, -0.2) is 0 Å². The molecule has 1 rings (SSSR count). The van der Waals surface area contributed by atoms with E-state index in [-0.39, 0.29) is 0 Å². The second-order valence-electron chi connectivity index (χ2n) is 5.45. The minimum Gasteiger partial charge on any atom is -0.144 e. The third-order valence-corrected chi connectivity index (χ3v) is 4.72. The normalized spacial score (nSPS) is 10.8. The number of aryl methyl sites for hydroxylation is 1. The molecule has 19 heavy (non-hydrogen) atoms. The summed E-state index contributed by atoms with van der Waals surface area (Å²) in [6.07, 6.45) is 17.4. The number of thiophene rings is 1. The summed E-state index contributed by atoms with van der Waals surface area (Å²) in [6, 6.07) is 2.26. The number of hydrogen-bond donors (Lipinski definition) is 0. The molecule has 0 saturated carbocycles. The molecule has 1 heterocycles. The van der Waals surface area contributed by atoms with Gasteiger partial charge >= 0.3 is 0 Å². The van der Waals surface area contributed by atoms with Crippen LogP contribution in [0.2, 0.25) is 0 Å². The highest BCUT2D eigenvalue weighted by molar-refractivity contribution is 7.11. The van der Waals surface area contributed by atoms with Crippen molar-refractivity contribution in [3.8, 4) is 0 Å². The summed E-state index contributed by atoms with van der Waals surface area (Å²) in [5.74, 6) is 0. The van der Waals surface area contributed by atoms with Crippen molar-refractivity contribution in [1.82, 2.24) is 0 Å². The highest BCUT2D eigenvalue weighted by Crippen LogP contribution is 2.20. The fraction of sp³-hybridized carbons (Fsp3) is 0.667. The first-order valence-electron chi connectivity index (χ1n) is 8.07. The first-order valence-corrected chi connectivity index (χ1v) is 8.95. The minimum absolute atomic E-state index is 1.24. The van der Waals surface area contributed by atoms with Gasteiger partial charge in [0.25, 0.3) is 0 Å². The number of hydrogen-bond acceptors (Lipinski definition) is 1. The van der Waals surface area contributed by atoms with E-state index in [1.807, 2.05) is 17.4 Å². The van der Waals surface area contributed by atoms with Gasteiger partial charge in [-0.05, 0) is 29.9 Å². The SMILES string of the molecule is C=Cc1sccc1CCCCCCCCCCCC. The maximum Gasteiger partial charge on any atom is 0.0296 e. The van der Waals surface area contributed by atoms with E-state index in [0.717, 1.165) is 0 Å². The molecule has 0 amide bonds. The van der Waals surface area contributed by atoms with E-state index in [0.29, 0.717) is 0 Å². The highest BCUT2D eigenvalue weighted by Gasteiger charge is 2.00. The lowest BCUT2D eigenvalue weighted by atomic mass is 10.0. The average molecular weight is 279 g/mol. The van der Waals surface area contributed by atoms with Gasteiger partial charge in [0.05, 0.1) is 0 Å². The lowest BCUT2D eigenvalue weighted by molar-refractivity contribution is 0.556. The zero-order valence-corrected chi connectivity index (χ0v) is 13.4. The molecule has 0 bridgehead atoms. The van der Waals surface area contributed by atoms with Gasteiger partial charge in [-0.3, -0.25) is 0 Å². The Bertz CT molecular complexity index is 324. The molecule has 1 aromatic rings. The predicted octanol–water partition coefficient (Wildman–Crippen LogP) is 6.85. The fourth-order valence-corrected chi connectivity index (χ4v) is 3.33. The van der Waals surface area contributed by atoms with Crippen LogP contribution in [0.5, 0.6) is 0 Å². The molecule has 0 aliphatic rings. The zero-order chi connectivity index (χ0) is 13.8. The number of rotatable bonds is 12. The minimum atomic E-state index is 1.24. The predicted molar refractivity (Wildman–Crippen MR) is 90.0 cm³/mol. The van der Waals surface area contributed by atoms with Crippen LogP contribution in [-0.4, -0.2) is 0 Å². The highest BCUT2D eigenvalue weighted by atomic mass is 32.1. The largest absolute Gasteiger partial charge is 0.144 e. The van der Waals surface area contributed by atoms with E-state index in [1.54, 1.807) is 0 Å². The fourth-order valence-electron chi connectivity index (χ4n) is 2.54. The molecule has 0 saturated heterocycles. The zero-order valence-electron chi connectivity index (χ0n) is 12.6. The smallest absolute Gasteiger partial charge is 0.0296 e. The van der Waals surface area contributed by atoms with Crippen LogP contribution in [-0.2, 0) is 6.42 Å². The summed E-state index contributed by atoms with van der Waals surface area (Å²) in [5, 5.41) is 2.18. The molecule has 0 nitrogen and oxygen atoms in total. The van der Waals surface area contributed by atoms with Crippen LogP contribution in [0.25, 0.3) is 6.08 Å². The summed E-state index contributed by atoms with van der Waals surface area (Å²) in [4.78, 5) is 1.37. The second kappa shape index (κ2) is 11.3. The van der Waals surface area contributed by atoms with Crippen LogP contribution in [0.3, 0.4) is 0 Å². The van der Waals surface area contributed by atoms with E-state index >= 15 is 0 Å². The molecule has 0 unspecified atom stereocenters. The second-order valence-corrected chi connectivity index (χ2v) is 6.39.